The summed E-state index contributed by atoms with van der Waals surface area (Å²) in [6, 6.07) is 60.6. The number of nitrogens with zero attached hydrogens (tertiary/aromatic N) is 2. The number of furan rings is 1. The summed E-state index contributed by atoms with van der Waals surface area (Å²) in [7, 11) is 0. The van der Waals surface area contributed by atoms with Gasteiger partial charge < -0.3 is 4.42 Å². The summed E-state index contributed by atoms with van der Waals surface area (Å²) in [6.45, 7) is 4.70. The van der Waals surface area contributed by atoms with Crippen LogP contribution in [0.4, 0.5) is 0 Å². The Balaban J connectivity index is 1.09. The van der Waals surface area contributed by atoms with Crippen LogP contribution in [-0.4, -0.2) is 9.97 Å². The molecule has 1 aliphatic rings. The molecule has 3 nitrogen and oxygen atoms in total. The highest BCUT2D eigenvalue weighted by Crippen LogP contribution is 2.52. The van der Waals surface area contributed by atoms with E-state index in [2.05, 4.69) is 166 Å². The van der Waals surface area contributed by atoms with Crippen LogP contribution in [0.2, 0.25) is 0 Å². The topological polar surface area (TPSA) is 38.9 Å². The van der Waals surface area contributed by atoms with E-state index >= 15 is 0 Å². The molecule has 8 aromatic carbocycles. The van der Waals surface area contributed by atoms with Gasteiger partial charge >= 0.3 is 0 Å². The van der Waals surface area contributed by atoms with Gasteiger partial charge in [0, 0.05) is 32.9 Å². The maximum Gasteiger partial charge on any atom is 0.161 e. The van der Waals surface area contributed by atoms with Gasteiger partial charge in [-0.25, -0.2) is 9.97 Å². The Labute approximate surface area is 313 Å². The molecule has 0 amide bonds. The first-order valence-electron chi connectivity index (χ1n) is 18.6. The van der Waals surface area contributed by atoms with E-state index in [1.165, 1.54) is 49.5 Å². The van der Waals surface area contributed by atoms with E-state index in [0.717, 1.165) is 55.4 Å². The molecule has 3 heteroatoms. The molecule has 0 aliphatic heterocycles. The molecule has 10 aromatic rings. The smallest absolute Gasteiger partial charge is 0.161 e. The summed E-state index contributed by atoms with van der Waals surface area (Å²) in [5, 5.41) is 7.08. The first kappa shape index (κ1) is 30.8. The van der Waals surface area contributed by atoms with Crippen molar-refractivity contribution in [1.82, 2.24) is 9.97 Å². The van der Waals surface area contributed by atoms with E-state index < -0.39 is 0 Å². The fourth-order valence-electron chi connectivity index (χ4n) is 8.79. The van der Waals surface area contributed by atoms with Crippen molar-refractivity contribution in [3.8, 4) is 56.2 Å². The SMILES string of the molecule is CC1(C)c2ccc(-c3ccc(-c4nc(-c5ccccc5)cc(-c5ccc6c(c5)oc5ccccc56)n4)c4ccccc34)cc2-c2c1ccc1ccccc21. The third-order valence-electron chi connectivity index (χ3n) is 11.5. The van der Waals surface area contributed by atoms with Crippen LogP contribution in [0.5, 0.6) is 0 Å². The molecular weight excluding hydrogens is 657 g/mol. The molecule has 0 saturated carbocycles. The normalized spacial score (nSPS) is 13.1. The molecule has 0 atom stereocenters. The third-order valence-corrected chi connectivity index (χ3v) is 11.5. The summed E-state index contributed by atoms with van der Waals surface area (Å²) >= 11 is 0. The van der Waals surface area contributed by atoms with E-state index in [1.54, 1.807) is 0 Å². The summed E-state index contributed by atoms with van der Waals surface area (Å²) in [5.74, 6) is 0.690. The zero-order chi connectivity index (χ0) is 36.0. The number of hydrogen-bond donors (Lipinski definition) is 0. The molecule has 0 spiro atoms. The number of para-hydroxylation sites is 1. The second kappa shape index (κ2) is 11.6. The average molecular weight is 691 g/mol. The van der Waals surface area contributed by atoms with E-state index in [9.17, 15) is 0 Å². The van der Waals surface area contributed by atoms with Gasteiger partial charge in [-0.2, -0.15) is 0 Å². The molecule has 1 aliphatic carbocycles. The predicted molar refractivity (Wildman–Crippen MR) is 224 cm³/mol. The van der Waals surface area contributed by atoms with Crippen LogP contribution in [0, 0.1) is 0 Å². The van der Waals surface area contributed by atoms with Gasteiger partial charge in [-0.3, -0.25) is 0 Å². The standard InChI is InChI=1S/C51H34N2O/c1-51(2)43-26-22-33(28-42(43)49-36-15-7-6-12-31(36)21-27-44(49)51)35-24-25-41(38-17-9-8-16-37(35)38)50-52-45(32-13-4-3-5-14-32)30-46(53-50)34-20-23-40-39-18-10-11-19-47(39)54-48(40)29-34/h3-30H,1-2H3. The fraction of sp³-hybridized carbons (Fsp3) is 0.0588. The summed E-state index contributed by atoms with van der Waals surface area (Å²) < 4.78 is 6.29. The molecule has 11 rings (SSSR count). The minimum Gasteiger partial charge on any atom is -0.456 e. The van der Waals surface area contributed by atoms with Crippen molar-refractivity contribution in [3.63, 3.8) is 0 Å². The van der Waals surface area contributed by atoms with Crippen LogP contribution in [-0.2, 0) is 5.41 Å². The highest BCUT2D eigenvalue weighted by molar-refractivity contribution is 6.08. The lowest BCUT2D eigenvalue weighted by Crippen LogP contribution is -2.14. The van der Waals surface area contributed by atoms with Crippen molar-refractivity contribution in [1.29, 1.82) is 0 Å². The quantitative estimate of drug-likeness (QED) is 0.184. The minimum absolute atomic E-state index is 0.0765. The van der Waals surface area contributed by atoms with E-state index in [-0.39, 0.29) is 5.41 Å². The van der Waals surface area contributed by atoms with Gasteiger partial charge in [-0.1, -0.05) is 147 Å². The number of aromatic nitrogens is 2. The van der Waals surface area contributed by atoms with Gasteiger partial charge in [0.2, 0.25) is 0 Å². The third kappa shape index (κ3) is 4.61. The molecule has 2 aromatic heterocycles. The van der Waals surface area contributed by atoms with E-state index in [0.29, 0.717) is 5.82 Å². The van der Waals surface area contributed by atoms with Crippen molar-refractivity contribution in [2.75, 3.05) is 0 Å². The Bertz CT molecular complexity index is 3130. The second-order valence-corrected chi connectivity index (χ2v) is 14.9. The molecule has 0 bridgehead atoms. The largest absolute Gasteiger partial charge is 0.456 e. The predicted octanol–water partition coefficient (Wildman–Crippen LogP) is 13.7. The highest BCUT2D eigenvalue weighted by Gasteiger charge is 2.36. The molecule has 0 N–H and O–H groups in total. The molecule has 2 heterocycles. The zero-order valence-corrected chi connectivity index (χ0v) is 30.0. The maximum atomic E-state index is 6.29. The zero-order valence-electron chi connectivity index (χ0n) is 30.0. The molecule has 0 unspecified atom stereocenters. The van der Waals surface area contributed by atoms with Crippen molar-refractivity contribution in [2.24, 2.45) is 0 Å². The average Bonchev–Trinajstić information content (AvgIpc) is 3.71. The van der Waals surface area contributed by atoms with Crippen LogP contribution in [0.15, 0.2) is 174 Å². The van der Waals surface area contributed by atoms with Crippen LogP contribution >= 0.6 is 0 Å². The monoisotopic (exact) mass is 690 g/mol. The van der Waals surface area contributed by atoms with Gasteiger partial charge in [0.25, 0.3) is 0 Å². The maximum absolute atomic E-state index is 6.29. The lowest BCUT2D eigenvalue weighted by Gasteiger charge is -2.21. The summed E-state index contributed by atoms with van der Waals surface area (Å²) in [6.07, 6.45) is 0. The first-order chi connectivity index (χ1) is 26.5. The number of fused-ring (bicyclic) bond motifs is 9. The lowest BCUT2D eigenvalue weighted by molar-refractivity contribution is 0.661. The summed E-state index contributed by atoms with van der Waals surface area (Å²) in [5.41, 5.74) is 14.2. The molecule has 0 radical (unpaired) electrons. The minimum atomic E-state index is -0.0765. The van der Waals surface area contributed by atoms with Crippen LogP contribution in [0.3, 0.4) is 0 Å². The number of rotatable bonds is 4. The first-order valence-corrected chi connectivity index (χ1v) is 18.6. The van der Waals surface area contributed by atoms with Gasteiger partial charge in [0.15, 0.2) is 5.82 Å². The Hall–Kier alpha value is -6.84. The van der Waals surface area contributed by atoms with Gasteiger partial charge in [-0.05, 0) is 91.3 Å². The molecule has 0 saturated heterocycles. The van der Waals surface area contributed by atoms with Crippen LogP contribution < -0.4 is 0 Å². The van der Waals surface area contributed by atoms with Gasteiger partial charge in [-0.15, -0.1) is 0 Å². The number of benzene rings is 8. The molecule has 254 valence electrons. The summed E-state index contributed by atoms with van der Waals surface area (Å²) in [4.78, 5) is 10.5. The highest BCUT2D eigenvalue weighted by atomic mass is 16.3. The Morgan fingerprint density at radius 2 is 1.04 bits per heavy atom. The molecule has 0 fully saturated rings. The van der Waals surface area contributed by atoms with Gasteiger partial charge in [0.1, 0.15) is 11.2 Å². The van der Waals surface area contributed by atoms with E-state index in [4.69, 9.17) is 14.4 Å². The Morgan fingerprint density at radius 3 is 1.87 bits per heavy atom. The van der Waals surface area contributed by atoms with Gasteiger partial charge in [0.05, 0.1) is 11.4 Å². The molecular formula is C51H34N2O. The Kier molecular flexibility index (Phi) is 6.60. The van der Waals surface area contributed by atoms with E-state index in [1.807, 2.05) is 18.2 Å². The lowest BCUT2D eigenvalue weighted by atomic mass is 9.81. The van der Waals surface area contributed by atoms with Crippen molar-refractivity contribution in [3.05, 3.63) is 181 Å². The van der Waals surface area contributed by atoms with Crippen LogP contribution in [0.25, 0.3) is 99.6 Å². The second-order valence-electron chi connectivity index (χ2n) is 14.9. The number of hydrogen-bond acceptors (Lipinski definition) is 3. The van der Waals surface area contributed by atoms with Crippen molar-refractivity contribution < 1.29 is 4.42 Å². The fourth-order valence-corrected chi connectivity index (χ4v) is 8.79. The van der Waals surface area contributed by atoms with Crippen molar-refractivity contribution >= 4 is 43.5 Å². The molecule has 54 heavy (non-hydrogen) atoms. The van der Waals surface area contributed by atoms with Crippen LogP contribution in [0.1, 0.15) is 25.0 Å². The van der Waals surface area contributed by atoms with Crippen molar-refractivity contribution in [2.45, 2.75) is 19.3 Å². The Morgan fingerprint density at radius 1 is 0.407 bits per heavy atom.